The number of benzene rings is 2. The molecule has 6 nitrogen and oxygen atoms in total. The highest BCUT2D eigenvalue weighted by molar-refractivity contribution is 5.94. The number of carboxylic acid groups (broad SMARTS) is 1. The van der Waals surface area contributed by atoms with E-state index in [-0.39, 0.29) is 24.0 Å². The lowest BCUT2D eigenvalue weighted by Crippen LogP contribution is -2.48. The fraction of sp³-hybridized carbons (Fsp3) is 0.364. The largest absolute Gasteiger partial charge is 0.465 e. The SMILES string of the molecule is CC(=O)N1c2ccc(-c3ccc(N)cc3)cc2[C@H](N(C(=O)O)C(C)C)C[C@@H]1C. The molecule has 0 radical (unpaired) electrons. The number of nitrogens with zero attached hydrogens (tertiary/aromatic N) is 2. The molecule has 0 aromatic heterocycles. The first-order chi connectivity index (χ1) is 13.2. The Hall–Kier alpha value is -3.02. The van der Waals surface area contributed by atoms with Crippen LogP contribution in [0.1, 0.15) is 45.7 Å². The average Bonchev–Trinajstić information content (AvgIpc) is 2.61. The number of amides is 2. The topological polar surface area (TPSA) is 86.9 Å². The molecule has 0 aliphatic carbocycles. The summed E-state index contributed by atoms with van der Waals surface area (Å²) in [5.41, 5.74) is 10.1. The van der Waals surface area contributed by atoms with Crippen molar-refractivity contribution in [3.05, 3.63) is 48.0 Å². The Morgan fingerprint density at radius 1 is 1.14 bits per heavy atom. The van der Waals surface area contributed by atoms with Crippen molar-refractivity contribution in [1.29, 1.82) is 0 Å². The maximum atomic E-state index is 12.3. The van der Waals surface area contributed by atoms with Gasteiger partial charge in [0.2, 0.25) is 5.91 Å². The van der Waals surface area contributed by atoms with E-state index in [2.05, 4.69) is 0 Å². The highest BCUT2D eigenvalue weighted by Gasteiger charge is 2.38. The first-order valence-electron chi connectivity index (χ1n) is 9.51. The van der Waals surface area contributed by atoms with Gasteiger partial charge >= 0.3 is 6.09 Å². The molecule has 1 aliphatic rings. The third-order valence-electron chi connectivity index (χ3n) is 5.35. The number of hydrogen-bond acceptors (Lipinski definition) is 3. The van der Waals surface area contributed by atoms with Crippen molar-refractivity contribution < 1.29 is 14.7 Å². The van der Waals surface area contributed by atoms with Crippen molar-refractivity contribution in [1.82, 2.24) is 4.90 Å². The van der Waals surface area contributed by atoms with Gasteiger partial charge in [0.05, 0.1) is 6.04 Å². The Labute approximate surface area is 165 Å². The normalized spacial score (nSPS) is 18.7. The molecule has 3 rings (SSSR count). The minimum Gasteiger partial charge on any atom is -0.465 e. The van der Waals surface area contributed by atoms with Crippen LogP contribution in [0, 0.1) is 0 Å². The molecule has 1 heterocycles. The minimum atomic E-state index is -0.952. The summed E-state index contributed by atoms with van der Waals surface area (Å²) in [4.78, 5) is 27.5. The van der Waals surface area contributed by atoms with Gasteiger partial charge in [0, 0.05) is 30.4 Å². The van der Waals surface area contributed by atoms with Crippen LogP contribution in [0.4, 0.5) is 16.2 Å². The van der Waals surface area contributed by atoms with Gasteiger partial charge in [-0.3, -0.25) is 9.69 Å². The Balaban J connectivity index is 2.17. The van der Waals surface area contributed by atoms with E-state index in [1.165, 1.54) is 4.90 Å². The molecule has 2 aromatic rings. The molecule has 0 saturated carbocycles. The van der Waals surface area contributed by atoms with Crippen LogP contribution in [-0.4, -0.2) is 34.1 Å². The van der Waals surface area contributed by atoms with Crippen LogP contribution in [0.3, 0.4) is 0 Å². The van der Waals surface area contributed by atoms with E-state index in [1.54, 1.807) is 11.8 Å². The number of hydrogen-bond donors (Lipinski definition) is 2. The highest BCUT2D eigenvalue weighted by atomic mass is 16.4. The number of carbonyl (C=O) groups excluding carboxylic acids is 1. The third-order valence-corrected chi connectivity index (χ3v) is 5.35. The quantitative estimate of drug-likeness (QED) is 0.766. The lowest BCUT2D eigenvalue weighted by Gasteiger charge is -2.43. The van der Waals surface area contributed by atoms with E-state index in [0.29, 0.717) is 12.1 Å². The Bertz CT molecular complexity index is 892. The second kappa shape index (κ2) is 7.54. The predicted molar refractivity (Wildman–Crippen MR) is 111 cm³/mol. The number of nitrogen functional groups attached to an aromatic ring is 1. The van der Waals surface area contributed by atoms with Crippen LogP contribution < -0.4 is 10.6 Å². The second-order valence-electron chi connectivity index (χ2n) is 7.67. The fourth-order valence-corrected chi connectivity index (χ4v) is 4.15. The number of fused-ring (bicyclic) bond motifs is 1. The zero-order valence-electron chi connectivity index (χ0n) is 16.7. The molecule has 0 fully saturated rings. The van der Waals surface area contributed by atoms with Gasteiger partial charge in [0.25, 0.3) is 0 Å². The van der Waals surface area contributed by atoms with Crippen LogP contribution >= 0.6 is 0 Å². The van der Waals surface area contributed by atoms with E-state index in [9.17, 15) is 14.7 Å². The summed E-state index contributed by atoms with van der Waals surface area (Å²) in [5, 5.41) is 9.83. The lowest BCUT2D eigenvalue weighted by atomic mass is 9.87. The van der Waals surface area contributed by atoms with Gasteiger partial charge in [-0.2, -0.15) is 0 Å². The summed E-state index contributed by atoms with van der Waals surface area (Å²) in [6.45, 7) is 7.26. The molecule has 2 aromatic carbocycles. The lowest BCUT2D eigenvalue weighted by molar-refractivity contribution is -0.117. The summed E-state index contributed by atoms with van der Waals surface area (Å²) in [6, 6.07) is 12.9. The van der Waals surface area contributed by atoms with E-state index in [4.69, 9.17) is 5.73 Å². The van der Waals surface area contributed by atoms with E-state index in [1.807, 2.05) is 63.2 Å². The van der Waals surface area contributed by atoms with Crippen molar-refractivity contribution in [2.24, 2.45) is 0 Å². The molecule has 0 spiro atoms. The maximum absolute atomic E-state index is 12.3. The molecule has 0 unspecified atom stereocenters. The van der Waals surface area contributed by atoms with Crippen LogP contribution in [-0.2, 0) is 4.79 Å². The predicted octanol–water partition coefficient (Wildman–Crippen LogP) is 4.51. The second-order valence-corrected chi connectivity index (χ2v) is 7.67. The van der Waals surface area contributed by atoms with Crippen LogP contribution in [0.25, 0.3) is 11.1 Å². The molecule has 6 heteroatoms. The van der Waals surface area contributed by atoms with Gasteiger partial charge in [-0.15, -0.1) is 0 Å². The highest BCUT2D eigenvalue weighted by Crippen LogP contribution is 2.43. The van der Waals surface area contributed by atoms with Crippen LogP contribution in [0.2, 0.25) is 0 Å². The fourth-order valence-electron chi connectivity index (χ4n) is 4.15. The summed E-state index contributed by atoms with van der Waals surface area (Å²) >= 11 is 0. The summed E-state index contributed by atoms with van der Waals surface area (Å²) < 4.78 is 0. The van der Waals surface area contributed by atoms with Gasteiger partial charge < -0.3 is 15.7 Å². The third kappa shape index (κ3) is 3.54. The average molecular weight is 381 g/mol. The van der Waals surface area contributed by atoms with Gasteiger partial charge in [-0.25, -0.2) is 4.79 Å². The maximum Gasteiger partial charge on any atom is 0.408 e. The van der Waals surface area contributed by atoms with Gasteiger partial charge in [-0.1, -0.05) is 18.2 Å². The molecule has 28 heavy (non-hydrogen) atoms. The molecule has 3 N–H and O–H groups in total. The van der Waals surface area contributed by atoms with E-state index in [0.717, 1.165) is 22.4 Å². The zero-order chi connectivity index (χ0) is 20.6. The van der Waals surface area contributed by atoms with Crippen LogP contribution in [0.15, 0.2) is 42.5 Å². The molecule has 2 amide bonds. The molecular formula is C22H27N3O3. The smallest absolute Gasteiger partial charge is 0.408 e. The number of rotatable bonds is 3. The molecular weight excluding hydrogens is 354 g/mol. The van der Waals surface area contributed by atoms with Gasteiger partial charge in [0.15, 0.2) is 0 Å². The van der Waals surface area contributed by atoms with Crippen molar-refractivity contribution in [3.63, 3.8) is 0 Å². The van der Waals surface area contributed by atoms with Crippen molar-refractivity contribution in [2.75, 3.05) is 10.6 Å². The Kier molecular flexibility index (Phi) is 5.31. The van der Waals surface area contributed by atoms with Gasteiger partial charge in [-0.05, 0) is 68.1 Å². The summed E-state index contributed by atoms with van der Waals surface area (Å²) in [5.74, 6) is -0.0427. The van der Waals surface area contributed by atoms with Crippen LogP contribution in [0.5, 0.6) is 0 Å². The number of carbonyl (C=O) groups is 2. The summed E-state index contributed by atoms with van der Waals surface area (Å²) in [6.07, 6.45) is -0.394. The minimum absolute atomic E-state index is 0.0427. The van der Waals surface area contributed by atoms with Crippen molar-refractivity contribution in [2.45, 2.75) is 52.2 Å². The first kappa shape index (κ1) is 19.7. The molecule has 1 aliphatic heterocycles. The molecule has 0 bridgehead atoms. The first-order valence-corrected chi connectivity index (χ1v) is 9.51. The molecule has 2 atom stereocenters. The van der Waals surface area contributed by atoms with E-state index >= 15 is 0 Å². The van der Waals surface area contributed by atoms with Crippen molar-refractivity contribution in [3.8, 4) is 11.1 Å². The molecule has 0 saturated heterocycles. The Morgan fingerprint density at radius 2 is 1.75 bits per heavy atom. The Morgan fingerprint density at radius 3 is 2.29 bits per heavy atom. The zero-order valence-corrected chi connectivity index (χ0v) is 16.7. The molecule has 148 valence electrons. The standard InChI is InChI=1S/C22H27N3O3/c1-13(2)24(22(27)28)21-11-14(3)25(15(4)26)20-10-7-17(12-19(20)21)16-5-8-18(23)9-6-16/h5-10,12-14,21H,11,23H2,1-4H3,(H,27,28)/t14-,21+/m0/s1. The summed E-state index contributed by atoms with van der Waals surface area (Å²) in [7, 11) is 0. The number of nitrogens with two attached hydrogens (primary N) is 1. The van der Waals surface area contributed by atoms with Crippen molar-refractivity contribution >= 4 is 23.4 Å². The van der Waals surface area contributed by atoms with Gasteiger partial charge in [0.1, 0.15) is 0 Å². The van der Waals surface area contributed by atoms with E-state index < -0.39 is 6.09 Å². The monoisotopic (exact) mass is 381 g/mol. The number of anilines is 2.